The molecule has 0 unspecified atom stereocenters. The lowest BCUT2D eigenvalue weighted by molar-refractivity contribution is 0.0244. The second-order valence-electron chi connectivity index (χ2n) is 4.45. The molecule has 2 aromatic rings. The Kier molecular flexibility index (Phi) is 3.79. The Hall–Kier alpha value is -1.40. The lowest BCUT2D eigenvalue weighted by Crippen LogP contribution is -2.26. The second-order valence-corrected chi connectivity index (χ2v) is 5.35. The van der Waals surface area contributed by atoms with Crippen molar-refractivity contribution >= 4 is 27.5 Å². The molecule has 0 spiro atoms. The summed E-state index contributed by atoms with van der Waals surface area (Å²) in [4.78, 5) is 9.91. The van der Waals surface area contributed by atoms with Gasteiger partial charge in [0.2, 0.25) is 11.8 Å². The lowest BCUT2D eigenvalue weighted by atomic mass is 10.1. The molecule has 5 nitrogen and oxygen atoms in total. The van der Waals surface area contributed by atoms with Crippen LogP contribution in [-0.2, 0) is 4.74 Å². The van der Waals surface area contributed by atoms with Crippen molar-refractivity contribution in [2.75, 3.05) is 25.1 Å². The number of thiophene rings is 1. The van der Waals surface area contributed by atoms with E-state index in [0.29, 0.717) is 11.8 Å². The summed E-state index contributed by atoms with van der Waals surface area (Å²) in [6.45, 7) is 4.36. The van der Waals surface area contributed by atoms with Gasteiger partial charge in [-0.05, 0) is 18.4 Å². The molecule has 3 heterocycles. The highest BCUT2D eigenvalue weighted by molar-refractivity contribution is 7.16. The number of nitrogens with zero attached hydrogens (tertiary/aromatic N) is 2. The van der Waals surface area contributed by atoms with Crippen molar-refractivity contribution in [1.29, 1.82) is 0 Å². The van der Waals surface area contributed by atoms with E-state index < -0.39 is 0 Å². The molecule has 1 saturated heterocycles. The molecule has 1 fully saturated rings. The van der Waals surface area contributed by atoms with Crippen LogP contribution in [-0.4, -0.2) is 35.8 Å². The van der Waals surface area contributed by atoms with E-state index in [9.17, 15) is 0 Å². The first-order valence-electron chi connectivity index (χ1n) is 6.60. The van der Waals surface area contributed by atoms with Crippen molar-refractivity contribution in [3.8, 4) is 5.88 Å². The molecular weight excluding hydrogens is 262 g/mol. The van der Waals surface area contributed by atoms with Crippen LogP contribution in [0.2, 0.25) is 0 Å². The Bertz CT molecular complexity index is 552. The molecule has 2 aromatic heterocycles. The van der Waals surface area contributed by atoms with E-state index in [-0.39, 0.29) is 6.10 Å². The van der Waals surface area contributed by atoms with Gasteiger partial charge >= 0.3 is 0 Å². The van der Waals surface area contributed by atoms with Gasteiger partial charge in [-0.3, -0.25) is 0 Å². The average molecular weight is 279 g/mol. The minimum absolute atomic E-state index is 0.196. The summed E-state index contributed by atoms with van der Waals surface area (Å²) >= 11 is 1.61. The third-order valence-electron chi connectivity index (χ3n) is 3.07. The van der Waals surface area contributed by atoms with Gasteiger partial charge in [-0.15, -0.1) is 11.3 Å². The highest BCUT2D eigenvalue weighted by atomic mass is 32.1. The molecule has 0 bridgehead atoms. The molecule has 1 N–H and O–H groups in total. The van der Waals surface area contributed by atoms with Crippen molar-refractivity contribution in [1.82, 2.24) is 9.97 Å². The summed E-state index contributed by atoms with van der Waals surface area (Å²) in [7, 11) is 0. The third kappa shape index (κ3) is 2.79. The largest absolute Gasteiger partial charge is 0.474 e. The highest BCUT2D eigenvalue weighted by Gasteiger charge is 2.18. The summed E-state index contributed by atoms with van der Waals surface area (Å²) in [6, 6.07) is 2.02. The predicted molar refractivity (Wildman–Crippen MR) is 76.0 cm³/mol. The van der Waals surface area contributed by atoms with E-state index in [0.717, 1.165) is 42.8 Å². The van der Waals surface area contributed by atoms with Crippen molar-refractivity contribution < 1.29 is 9.47 Å². The Morgan fingerprint density at radius 1 is 1.42 bits per heavy atom. The van der Waals surface area contributed by atoms with E-state index in [1.165, 1.54) is 0 Å². The minimum atomic E-state index is 0.196. The number of anilines is 1. The van der Waals surface area contributed by atoms with Gasteiger partial charge < -0.3 is 14.8 Å². The van der Waals surface area contributed by atoms with E-state index in [1.807, 2.05) is 18.4 Å². The van der Waals surface area contributed by atoms with Crippen molar-refractivity contribution in [3.63, 3.8) is 0 Å². The maximum absolute atomic E-state index is 6.05. The number of nitrogens with one attached hydrogen (secondary N) is 1. The molecule has 3 rings (SSSR count). The zero-order valence-corrected chi connectivity index (χ0v) is 11.7. The molecule has 102 valence electrons. The van der Waals surface area contributed by atoms with Gasteiger partial charge in [0, 0.05) is 19.4 Å². The van der Waals surface area contributed by atoms with Crippen LogP contribution in [0.3, 0.4) is 0 Å². The number of rotatable bonds is 4. The molecule has 1 aliphatic rings. The molecular formula is C13H17N3O2S. The number of fused-ring (bicyclic) bond motifs is 1. The normalized spacial score (nSPS) is 16.7. The predicted octanol–water partition coefficient (Wildman–Crippen LogP) is 2.68. The second kappa shape index (κ2) is 5.71. The van der Waals surface area contributed by atoms with Gasteiger partial charge in [-0.25, -0.2) is 4.98 Å². The molecule has 0 aromatic carbocycles. The fraction of sp³-hybridized carbons (Fsp3) is 0.538. The monoisotopic (exact) mass is 279 g/mol. The van der Waals surface area contributed by atoms with Crippen LogP contribution in [0.25, 0.3) is 10.2 Å². The summed E-state index contributed by atoms with van der Waals surface area (Å²) in [5.41, 5.74) is 0. The number of hydrogen-bond donors (Lipinski definition) is 1. The fourth-order valence-electron chi connectivity index (χ4n) is 2.11. The van der Waals surface area contributed by atoms with Gasteiger partial charge in [-0.1, -0.05) is 0 Å². The highest BCUT2D eigenvalue weighted by Crippen LogP contribution is 2.29. The van der Waals surface area contributed by atoms with Crippen LogP contribution in [0, 0.1) is 0 Å². The standard InChI is InChI=1S/C13H17N3O2S/c1-2-14-13-15-11(10-5-8-19-12(10)16-13)18-9-3-6-17-7-4-9/h5,8-9H,2-4,6-7H2,1H3,(H,14,15,16). The first-order valence-corrected chi connectivity index (χ1v) is 7.48. The van der Waals surface area contributed by atoms with E-state index in [1.54, 1.807) is 11.3 Å². The van der Waals surface area contributed by atoms with Crippen LogP contribution in [0.5, 0.6) is 5.88 Å². The maximum Gasteiger partial charge on any atom is 0.227 e. The van der Waals surface area contributed by atoms with Gasteiger partial charge in [0.1, 0.15) is 10.9 Å². The van der Waals surface area contributed by atoms with Crippen LogP contribution < -0.4 is 10.1 Å². The third-order valence-corrected chi connectivity index (χ3v) is 3.88. The minimum Gasteiger partial charge on any atom is -0.474 e. The molecule has 0 radical (unpaired) electrons. The van der Waals surface area contributed by atoms with Crippen molar-refractivity contribution in [2.24, 2.45) is 0 Å². The van der Waals surface area contributed by atoms with E-state index in [4.69, 9.17) is 9.47 Å². The Morgan fingerprint density at radius 3 is 3.05 bits per heavy atom. The van der Waals surface area contributed by atoms with Crippen molar-refractivity contribution in [3.05, 3.63) is 11.4 Å². The zero-order valence-electron chi connectivity index (χ0n) is 10.9. The van der Waals surface area contributed by atoms with Crippen LogP contribution in [0.4, 0.5) is 5.95 Å². The summed E-state index contributed by atoms with van der Waals surface area (Å²) in [5, 5.41) is 6.16. The van der Waals surface area contributed by atoms with Gasteiger partial charge in [0.05, 0.1) is 18.6 Å². The molecule has 1 aliphatic heterocycles. The lowest BCUT2D eigenvalue weighted by Gasteiger charge is -2.23. The van der Waals surface area contributed by atoms with E-state index in [2.05, 4.69) is 15.3 Å². The molecule has 0 aliphatic carbocycles. The van der Waals surface area contributed by atoms with Crippen LogP contribution in [0.15, 0.2) is 11.4 Å². The molecule has 19 heavy (non-hydrogen) atoms. The van der Waals surface area contributed by atoms with E-state index >= 15 is 0 Å². The first kappa shape index (κ1) is 12.6. The number of ether oxygens (including phenoxy) is 2. The Morgan fingerprint density at radius 2 is 2.26 bits per heavy atom. The van der Waals surface area contributed by atoms with Crippen molar-refractivity contribution in [2.45, 2.75) is 25.9 Å². The molecule has 0 atom stereocenters. The summed E-state index contributed by atoms with van der Waals surface area (Å²) in [5.74, 6) is 1.33. The quantitative estimate of drug-likeness (QED) is 0.932. The number of aromatic nitrogens is 2. The summed E-state index contributed by atoms with van der Waals surface area (Å²) < 4.78 is 11.4. The number of hydrogen-bond acceptors (Lipinski definition) is 6. The maximum atomic E-state index is 6.05. The van der Waals surface area contributed by atoms with Crippen LogP contribution >= 0.6 is 11.3 Å². The topological polar surface area (TPSA) is 56.3 Å². The Balaban J connectivity index is 1.88. The van der Waals surface area contributed by atoms with Gasteiger partial charge in [-0.2, -0.15) is 4.98 Å². The molecule has 0 amide bonds. The first-order chi connectivity index (χ1) is 9.36. The molecule has 0 saturated carbocycles. The smallest absolute Gasteiger partial charge is 0.227 e. The van der Waals surface area contributed by atoms with Gasteiger partial charge in [0.25, 0.3) is 0 Å². The summed E-state index contributed by atoms with van der Waals surface area (Å²) in [6.07, 6.45) is 2.04. The zero-order chi connectivity index (χ0) is 13.1. The SMILES string of the molecule is CCNc1nc(OC2CCOCC2)c2ccsc2n1. The average Bonchev–Trinajstić information content (AvgIpc) is 2.89. The molecule has 6 heteroatoms. The van der Waals surface area contributed by atoms with Gasteiger partial charge in [0.15, 0.2) is 0 Å². The van der Waals surface area contributed by atoms with Crippen LogP contribution in [0.1, 0.15) is 19.8 Å². The Labute approximate surface area is 116 Å². The fourth-order valence-corrected chi connectivity index (χ4v) is 2.86.